The van der Waals surface area contributed by atoms with E-state index in [0.29, 0.717) is 25.1 Å². The van der Waals surface area contributed by atoms with Gasteiger partial charge in [0.05, 0.1) is 28.8 Å². The van der Waals surface area contributed by atoms with Gasteiger partial charge in [-0.3, -0.25) is 9.59 Å². The van der Waals surface area contributed by atoms with Crippen molar-refractivity contribution in [3.05, 3.63) is 18.2 Å². The van der Waals surface area contributed by atoms with E-state index < -0.39 is 10.0 Å². The average Bonchev–Trinajstić information content (AvgIpc) is 3.19. The molecule has 152 valence electrons. The number of ether oxygens (including phenoxy) is 1. The van der Waals surface area contributed by atoms with E-state index in [1.807, 2.05) is 0 Å². The Hall–Kier alpha value is -2.13. The molecule has 28 heavy (non-hydrogen) atoms. The van der Waals surface area contributed by atoms with Crippen molar-refractivity contribution in [2.45, 2.75) is 43.5 Å². The zero-order valence-electron chi connectivity index (χ0n) is 15.9. The molecule has 0 radical (unpaired) electrons. The molecule has 4 rings (SSSR count). The summed E-state index contributed by atoms with van der Waals surface area (Å²) in [4.78, 5) is 26.4. The summed E-state index contributed by atoms with van der Waals surface area (Å²) < 4.78 is 32.6. The van der Waals surface area contributed by atoms with E-state index in [1.165, 1.54) is 4.31 Å². The summed E-state index contributed by atoms with van der Waals surface area (Å²) in [5.74, 6) is -0.577. The highest BCUT2D eigenvalue weighted by molar-refractivity contribution is 7.89. The van der Waals surface area contributed by atoms with E-state index in [4.69, 9.17) is 4.74 Å². The van der Waals surface area contributed by atoms with Gasteiger partial charge in [-0.25, -0.2) is 8.42 Å². The number of carbonyl (C=O) groups excluding carboxylic acids is 2. The van der Waals surface area contributed by atoms with E-state index in [0.717, 1.165) is 25.1 Å². The molecule has 2 fully saturated rings. The summed E-state index contributed by atoms with van der Waals surface area (Å²) >= 11 is 0. The minimum atomic E-state index is -3.69. The quantitative estimate of drug-likeness (QED) is 0.761. The van der Waals surface area contributed by atoms with Crippen LogP contribution in [0.4, 0.5) is 11.4 Å². The highest BCUT2D eigenvalue weighted by Crippen LogP contribution is 2.38. The number of nitrogens with zero attached hydrogens (tertiary/aromatic N) is 2. The molecule has 0 bridgehead atoms. The smallest absolute Gasteiger partial charge is 0.309 e. The Morgan fingerprint density at radius 1 is 1.21 bits per heavy atom. The second kappa shape index (κ2) is 7.36. The van der Waals surface area contributed by atoms with E-state index in [2.05, 4.69) is 10.2 Å². The third kappa shape index (κ3) is 3.26. The predicted octanol–water partition coefficient (Wildman–Crippen LogP) is 1.57. The maximum Gasteiger partial charge on any atom is 0.309 e. The SMILES string of the molecule is CCOC(=O)C1CCN(S(=O)(=O)c2ccc3c(c2)NC(=O)[C@@H]2CCCN32)CC1. The van der Waals surface area contributed by atoms with Gasteiger partial charge in [0.15, 0.2) is 0 Å². The highest BCUT2D eigenvalue weighted by Gasteiger charge is 2.38. The van der Waals surface area contributed by atoms with Crippen molar-refractivity contribution < 1.29 is 22.7 Å². The molecule has 1 N–H and O–H groups in total. The Kier molecular flexibility index (Phi) is 5.05. The van der Waals surface area contributed by atoms with Gasteiger partial charge in [-0.1, -0.05) is 0 Å². The lowest BCUT2D eigenvalue weighted by Crippen LogP contribution is -2.44. The minimum absolute atomic E-state index is 0.0743. The first-order chi connectivity index (χ1) is 13.4. The molecule has 0 aliphatic carbocycles. The van der Waals surface area contributed by atoms with Gasteiger partial charge in [-0.05, 0) is 50.8 Å². The van der Waals surface area contributed by atoms with Gasteiger partial charge >= 0.3 is 5.97 Å². The molecule has 3 aliphatic rings. The Balaban J connectivity index is 1.52. The van der Waals surface area contributed by atoms with Gasteiger partial charge in [-0.15, -0.1) is 0 Å². The number of piperidine rings is 1. The second-order valence-electron chi connectivity index (χ2n) is 7.45. The van der Waals surface area contributed by atoms with Crippen LogP contribution in [0.5, 0.6) is 0 Å². The molecule has 3 aliphatic heterocycles. The number of sulfonamides is 1. The number of fused-ring (bicyclic) bond motifs is 3. The van der Waals surface area contributed by atoms with Gasteiger partial charge < -0.3 is 15.0 Å². The topological polar surface area (TPSA) is 96.0 Å². The van der Waals surface area contributed by atoms with Crippen LogP contribution >= 0.6 is 0 Å². The standard InChI is InChI=1S/C19H25N3O5S/c1-2-27-19(24)13-7-10-21(11-8-13)28(25,26)14-5-6-16-15(12-14)20-18(23)17-4-3-9-22(16)17/h5-6,12-13,17H,2-4,7-11H2,1H3,(H,20,23)/t17-/m0/s1. The van der Waals surface area contributed by atoms with Crippen LogP contribution in [-0.2, 0) is 24.3 Å². The Bertz CT molecular complexity index is 893. The third-order valence-electron chi connectivity index (χ3n) is 5.80. The van der Waals surface area contributed by atoms with Crippen LogP contribution in [0, 0.1) is 5.92 Å². The molecule has 3 heterocycles. The van der Waals surface area contributed by atoms with E-state index in [-0.39, 0.29) is 41.8 Å². The number of rotatable bonds is 4. The second-order valence-corrected chi connectivity index (χ2v) is 9.39. The summed E-state index contributed by atoms with van der Waals surface area (Å²) in [6.07, 6.45) is 2.68. The van der Waals surface area contributed by atoms with Gasteiger partial charge in [0.2, 0.25) is 15.9 Å². The number of amides is 1. The fourth-order valence-electron chi connectivity index (χ4n) is 4.31. The monoisotopic (exact) mass is 407 g/mol. The molecule has 1 amide bonds. The van der Waals surface area contributed by atoms with Crippen LogP contribution in [0.1, 0.15) is 32.6 Å². The fraction of sp³-hybridized carbons (Fsp3) is 0.579. The lowest BCUT2D eigenvalue weighted by molar-refractivity contribution is -0.149. The van der Waals surface area contributed by atoms with Gasteiger partial charge in [0.1, 0.15) is 6.04 Å². The summed E-state index contributed by atoms with van der Waals surface area (Å²) in [7, 11) is -3.69. The molecule has 0 saturated carbocycles. The first-order valence-corrected chi connectivity index (χ1v) is 11.2. The van der Waals surface area contributed by atoms with Crippen LogP contribution in [-0.4, -0.2) is 56.9 Å². The first kappa shape index (κ1) is 19.2. The lowest BCUT2D eigenvalue weighted by Gasteiger charge is -2.34. The van der Waals surface area contributed by atoms with Crippen LogP contribution in [0.15, 0.2) is 23.1 Å². The summed E-state index contributed by atoms with van der Waals surface area (Å²) in [6.45, 7) is 3.46. The molecular weight excluding hydrogens is 382 g/mol. The average molecular weight is 407 g/mol. The molecule has 0 aromatic heterocycles. The number of benzene rings is 1. The van der Waals surface area contributed by atoms with Crippen LogP contribution in [0.2, 0.25) is 0 Å². The molecule has 1 aromatic carbocycles. The number of carbonyl (C=O) groups is 2. The van der Waals surface area contributed by atoms with Gasteiger partial charge in [0.25, 0.3) is 0 Å². The summed E-state index contributed by atoms with van der Waals surface area (Å²) in [5.41, 5.74) is 1.42. The lowest BCUT2D eigenvalue weighted by atomic mass is 9.98. The molecule has 0 spiro atoms. The molecule has 0 unspecified atom stereocenters. The number of hydrogen-bond acceptors (Lipinski definition) is 6. The van der Waals surface area contributed by atoms with E-state index in [9.17, 15) is 18.0 Å². The van der Waals surface area contributed by atoms with Crippen LogP contribution < -0.4 is 10.2 Å². The number of hydrogen-bond donors (Lipinski definition) is 1. The van der Waals surface area contributed by atoms with Gasteiger partial charge in [-0.2, -0.15) is 4.31 Å². The molecule has 8 nitrogen and oxygen atoms in total. The summed E-state index contributed by atoms with van der Waals surface area (Å²) in [5, 5.41) is 2.86. The number of anilines is 2. The molecule has 1 atom stereocenters. The van der Waals surface area contributed by atoms with Crippen molar-refractivity contribution in [1.82, 2.24) is 4.31 Å². The summed E-state index contributed by atoms with van der Waals surface area (Å²) in [6, 6.07) is 4.79. The maximum atomic E-state index is 13.1. The normalized spacial score (nSPS) is 23.1. The predicted molar refractivity (Wildman–Crippen MR) is 104 cm³/mol. The van der Waals surface area contributed by atoms with Crippen molar-refractivity contribution in [3.8, 4) is 0 Å². The zero-order chi connectivity index (χ0) is 19.9. The molecule has 2 saturated heterocycles. The van der Waals surface area contributed by atoms with Crippen molar-refractivity contribution in [3.63, 3.8) is 0 Å². The maximum absolute atomic E-state index is 13.1. The number of esters is 1. The van der Waals surface area contributed by atoms with Gasteiger partial charge in [0, 0.05) is 19.6 Å². The minimum Gasteiger partial charge on any atom is -0.466 e. The van der Waals surface area contributed by atoms with E-state index >= 15 is 0 Å². The Morgan fingerprint density at radius 2 is 1.96 bits per heavy atom. The molecule has 1 aromatic rings. The van der Waals surface area contributed by atoms with Crippen molar-refractivity contribution in [1.29, 1.82) is 0 Å². The highest BCUT2D eigenvalue weighted by atomic mass is 32.2. The molecule has 9 heteroatoms. The van der Waals surface area contributed by atoms with Crippen LogP contribution in [0.3, 0.4) is 0 Å². The van der Waals surface area contributed by atoms with Crippen LogP contribution in [0.25, 0.3) is 0 Å². The number of nitrogens with one attached hydrogen (secondary N) is 1. The zero-order valence-corrected chi connectivity index (χ0v) is 16.7. The van der Waals surface area contributed by atoms with E-state index in [1.54, 1.807) is 25.1 Å². The fourth-order valence-corrected chi connectivity index (χ4v) is 5.81. The van der Waals surface area contributed by atoms with Crippen molar-refractivity contribution >= 4 is 33.3 Å². The Labute approximate surface area is 164 Å². The van der Waals surface area contributed by atoms with Crippen molar-refractivity contribution in [2.75, 3.05) is 36.5 Å². The largest absolute Gasteiger partial charge is 0.466 e. The molecular formula is C19H25N3O5S. The Morgan fingerprint density at radius 3 is 2.68 bits per heavy atom. The van der Waals surface area contributed by atoms with Crippen molar-refractivity contribution in [2.24, 2.45) is 5.92 Å². The first-order valence-electron chi connectivity index (χ1n) is 9.80. The third-order valence-corrected chi connectivity index (χ3v) is 7.70.